The molecule has 0 unspecified atom stereocenters. The van der Waals surface area contributed by atoms with Crippen LogP contribution in [0, 0.1) is 12.8 Å². The Balaban J connectivity index is 1.85. The highest BCUT2D eigenvalue weighted by Gasteiger charge is 2.17. The SMILES string of the molecule is Cc1ccc(CS(=O)(=O)NCC2CCCCC2)cc1. The lowest BCUT2D eigenvalue weighted by atomic mass is 9.90. The topological polar surface area (TPSA) is 46.2 Å². The molecular formula is C15H23NO2S. The fourth-order valence-corrected chi connectivity index (χ4v) is 3.81. The fourth-order valence-electron chi connectivity index (χ4n) is 2.59. The van der Waals surface area contributed by atoms with Gasteiger partial charge in [-0.3, -0.25) is 0 Å². The minimum Gasteiger partial charge on any atom is -0.215 e. The molecule has 0 heterocycles. The molecule has 1 saturated carbocycles. The Morgan fingerprint density at radius 1 is 1.11 bits per heavy atom. The number of benzene rings is 1. The molecule has 0 atom stereocenters. The van der Waals surface area contributed by atoms with Crippen molar-refractivity contribution in [2.45, 2.75) is 44.8 Å². The number of sulfonamides is 1. The van der Waals surface area contributed by atoms with Crippen LogP contribution in [0.2, 0.25) is 0 Å². The van der Waals surface area contributed by atoms with Gasteiger partial charge in [0, 0.05) is 6.54 Å². The van der Waals surface area contributed by atoms with Crippen LogP contribution in [0.5, 0.6) is 0 Å². The van der Waals surface area contributed by atoms with Gasteiger partial charge in [0.1, 0.15) is 0 Å². The molecule has 0 amide bonds. The lowest BCUT2D eigenvalue weighted by Crippen LogP contribution is -2.31. The van der Waals surface area contributed by atoms with Gasteiger partial charge < -0.3 is 0 Å². The summed E-state index contributed by atoms with van der Waals surface area (Å²) in [5.74, 6) is 0.613. The average Bonchev–Trinajstić information content (AvgIpc) is 2.40. The Hall–Kier alpha value is -0.870. The number of hydrogen-bond acceptors (Lipinski definition) is 2. The molecule has 106 valence electrons. The summed E-state index contributed by atoms with van der Waals surface area (Å²) in [6.45, 7) is 2.60. The molecule has 1 aromatic carbocycles. The molecule has 1 aromatic rings. The molecule has 19 heavy (non-hydrogen) atoms. The van der Waals surface area contributed by atoms with E-state index >= 15 is 0 Å². The standard InChI is InChI=1S/C15H23NO2S/c1-13-7-9-15(10-8-13)12-19(17,18)16-11-14-5-3-2-4-6-14/h7-10,14,16H,2-6,11-12H2,1H3. The van der Waals surface area contributed by atoms with Gasteiger partial charge in [-0.25, -0.2) is 13.1 Å². The van der Waals surface area contributed by atoms with E-state index in [0.29, 0.717) is 12.5 Å². The summed E-state index contributed by atoms with van der Waals surface area (Å²) in [4.78, 5) is 0. The molecule has 1 N–H and O–H groups in total. The van der Waals surface area contributed by atoms with Gasteiger partial charge in [-0.1, -0.05) is 49.1 Å². The van der Waals surface area contributed by atoms with E-state index in [-0.39, 0.29) is 5.75 Å². The first-order chi connectivity index (χ1) is 9.05. The van der Waals surface area contributed by atoms with E-state index in [4.69, 9.17) is 0 Å². The highest BCUT2D eigenvalue weighted by atomic mass is 32.2. The number of nitrogens with one attached hydrogen (secondary N) is 1. The van der Waals surface area contributed by atoms with Crippen molar-refractivity contribution in [2.75, 3.05) is 6.54 Å². The zero-order valence-electron chi connectivity index (χ0n) is 11.6. The van der Waals surface area contributed by atoms with Gasteiger partial charge in [0.2, 0.25) is 10.0 Å². The average molecular weight is 281 g/mol. The van der Waals surface area contributed by atoms with E-state index in [1.807, 2.05) is 31.2 Å². The van der Waals surface area contributed by atoms with Crippen LogP contribution in [0.3, 0.4) is 0 Å². The van der Waals surface area contributed by atoms with Crippen LogP contribution in [0.4, 0.5) is 0 Å². The molecule has 0 spiro atoms. The van der Waals surface area contributed by atoms with Gasteiger partial charge in [-0.15, -0.1) is 0 Å². The molecule has 0 bridgehead atoms. The summed E-state index contributed by atoms with van der Waals surface area (Å²) in [5.41, 5.74) is 2.00. The Morgan fingerprint density at radius 2 is 1.74 bits per heavy atom. The van der Waals surface area contributed by atoms with Crippen LogP contribution in [-0.4, -0.2) is 15.0 Å². The largest absolute Gasteiger partial charge is 0.215 e. The van der Waals surface area contributed by atoms with E-state index in [1.54, 1.807) is 0 Å². The lowest BCUT2D eigenvalue weighted by molar-refractivity contribution is 0.357. The van der Waals surface area contributed by atoms with E-state index in [1.165, 1.54) is 19.3 Å². The second-order valence-corrected chi connectivity index (χ2v) is 7.40. The Bertz CT molecular complexity index is 487. The maximum atomic E-state index is 12.0. The Labute approximate surface area is 116 Å². The molecule has 4 heteroatoms. The molecule has 0 aliphatic heterocycles. The highest BCUT2D eigenvalue weighted by molar-refractivity contribution is 7.88. The number of aryl methyl sites for hydroxylation is 1. The third-order valence-corrected chi connectivity index (χ3v) is 5.11. The Kier molecular flexibility index (Phi) is 4.99. The lowest BCUT2D eigenvalue weighted by Gasteiger charge is -2.21. The highest BCUT2D eigenvalue weighted by Crippen LogP contribution is 2.23. The van der Waals surface area contributed by atoms with E-state index in [2.05, 4.69) is 4.72 Å². The first kappa shape index (κ1) is 14.5. The van der Waals surface area contributed by atoms with Crippen LogP contribution >= 0.6 is 0 Å². The predicted octanol–water partition coefficient (Wildman–Crippen LogP) is 2.99. The van der Waals surface area contributed by atoms with Crippen LogP contribution in [0.15, 0.2) is 24.3 Å². The molecule has 1 aliphatic rings. The van der Waals surface area contributed by atoms with Gasteiger partial charge >= 0.3 is 0 Å². The van der Waals surface area contributed by atoms with Crippen molar-refractivity contribution < 1.29 is 8.42 Å². The second-order valence-electron chi connectivity index (χ2n) is 5.60. The molecule has 0 saturated heterocycles. The smallest absolute Gasteiger partial charge is 0.215 e. The van der Waals surface area contributed by atoms with Gasteiger partial charge in [0.25, 0.3) is 0 Å². The zero-order valence-corrected chi connectivity index (χ0v) is 12.4. The van der Waals surface area contributed by atoms with Crippen molar-refractivity contribution >= 4 is 10.0 Å². The third-order valence-electron chi connectivity index (χ3n) is 3.79. The van der Waals surface area contributed by atoms with Gasteiger partial charge in [-0.2, -0.15) is 0 Å². The molecule has 3 nitrogen and oxygen atoms in total. The summed E-state index contributed by atoms with van der Waals surface area (Å²) in [6.07, 6.45) is 6.10. The first-order valence-corrected chi connectivity index (χ1v) is 8.73. The monoisotopic (exact) mass is 281 g/mol. The zero-order chi connectivity index (χ0) is 13.7. The van der Waals surface area contributed by atoms with Crippen LogP contribution in [0.25, 0.3) is 0 Å². The maximum absolute atomic E-state index is 12.0. The van der Waals surface area contributed by atoms with Gasteiger partial charge in [0.15, 0.2) is 0 Å². The summed E-state index contributed by atoms with van der Waals surface area (Å²) < 4.78 is 26.8. The summed E-state index contributed by atoms with van der Waals surface area (Å²) in [7, 11) is -3.20. The number of rotatable bonds is 5. The molecule has 1 aliphatic carbocycles. The molecule has 0 radical (unpaired) electrons. The second kappa shape index (κ2) is 6.53. The molecule has 2 rings (SSSR count). The van der Waals surface area contributed by atoms with Gasteiger partial charge in [0.05, 0.1) is 5.75 Å². The fraction of sp³-hybridized carbons (Fsp3) is 0.600. The van der Waals surface area contributed by atoms with E-state index < -0.39 is 10.0 Å². The van der Waals surface area contributed by atoms with E-state index in [9.17, 15) is 8.42 Å². The Morgan fingerprint density at radius 3 is 2.37 bits per heavy atom. The summed E-state index contributed by atoms with van der Waals surface area (Å²) in [5, 5.41) is 0. The minimum atomic E-state index is -3.20. The van der Waals surface area contributed by atoms with E-state index in [0.717, 1.165) is 24.0 Å². The van der Waals surface area contributed by atoms with Crippen molar-refractivity contribution in [3.8, 4) is 0 Å². The minimum absolute atomic E-state index is 0.0833. The van der Waals surface area contributed by atoms with Crippen molar-refractivity contribution in [2.24, 2.45) is 5.92 Å². The van der Waals surface area contributed by atoms with Crippen molar-refractivity contribution in [1.82, 2.24) is 4.72 Å². The summed E-state index contributed by atoms with van der Waals surface area (Å²) in [6, 6.07) is 7.67. The van der Waals surface area contributed by atoms with Crippen molar-refractivity contribution in [3.63, 3.8) is 0 Å². The quantitative estimate of drug-likeness (QED) is 0.902. The number of hydrogen-bond donors (Lipinski definition) is 1. The molecular weight excluding hydrogens is 258 g/mol. The van der Waals surface area contributed by atoms with Crippen molar-refractivity contribution in [1.29, 1.82) is 0 Å². The third kappa shape index (κ3) is 4.96. The van der Waals surface area contributed by atoms with Crippen LogP contribution in [0.1, 0.15) is 43.2 Å². The molecule has 0 aromatic heterocycles. The van der Waals surface area contributed by atoms with Crippen LogP contribution in [-0.2, 0) is 15.8 Å². The predicted molar refractivity (Wildman–Crippen MR) is 78.4 cm³/mol. The first-order valence-electron chi connectivity index (χ1n) is 7.08. The van der Waals surface area contributed by atoms with Crippen molar-refractivity contribution in [3.05, 3.63) is 35.4 Å². The van der Waals surface area contributed by atoms with Crippen LogP contribution < -0.4 is 4.72 Å². The normalized spacial score (nSPS) is 17.5. The molecule has 1 fully saturated rings. The summed E-state index contributed by atoms with van der Waals surface area (Å²) >= 11 is 0. The maximum Gasteiger partial charge on any atom is 0.215 e. The van der Waals surface area contributed by atoms with Gasteiger partial charge in [-0.05, 0) is 31.2 Å².